The van der Waals surface area contributed by atoms with E-state index < -0.39 is 0 Å². The van der Waals surface area contributed by atoms with Crippen LogP contribution in [-0.2, 0) is 24.2 Å². The first-order chi connectivity index (χ1) is 12.7. The van der Waals surface area contributed by atoms with Gasteiger partial charge in [-0.05, 0) is 30.2 Å². The zero-order valence-electron chi connectivity index (χ0n) is 14.3. The van der Waals surface area contributed by atoms with Gasteiger partial charge in [0.05, 0.1) is 11.4 Å². The first kappa shape index (κ1) is 16.5. The monoisotopic (exact) mass is 366 g/mol. The Labute approximate surface area is 154 Å². The summed E-state index contributed by atoms with van der Waals surface area (Å²) < 4.78 is 5.40. The zero-order valence-corrected chi connectivity index (χ0v) is 15.1. The molecule has 4 rings (SSSR count). The predicted octanol–water partition coefficient (Wildman–Crippen LogP) is 3.70. The number of carbonyl (C=O) groups is 1. The molecule has 0 unspecified atom stereocenters. The minimum Gasteiger partial charge on any atom is -0.361 e. The van der Waals surface area contributed by atoms with Gasteiger partial charge in [-0.3, -0.25) is 4.79 Å². The molecule has 1 aromatic carbocycles. The number of aromatic nitrogens is 3. The number of nitrogens with one attached hydrogen (secondary N) is 2. The van der Waals surface area contributed by atoms with Gasteiger partial charge in [-0.25, -0.2) is 0 Å². The van der Waals surface area contributed by atoms with E-state index in [1.807, 2.05) is 30.5 Å². The van der Waals surface area contributed by atoms with Gasteiger partial charge < -0.3 is 14.8 Å². The Morgan fingerprint density at radius 2 is 2.12 bits per heavy atom. The molecule has 0 saturated carbocycles. The maximum absolute atomic E-state index is 11.0. The number of fused-ring (bicyclic) bond motifs is 1. The van der Waals surface area contributed by atoms with Gasteiger partial charge >= 0.3 is 0 Å². The average Bonchev–Trinajstić information content (AvgIpc) is 3.37. The van der Waals surface area contributed by atoms with Crippen molar-refractivity contribution in [3.05, 3.63) is 58.9 Å². The van der Waals surface area contributed by atoms with Crippen molar-refractivity contribution >= 4 is 28.1 Å². The summed E-state index contributed by atoms with van der Waals surface area (Å²) in [5, 5.41) is 8.10. The van der Waals surface area contributed by atoms with Gasteiger partial charge in [0.1, 0.15) is 0 Å². The zero-order chi connectivity index (χ0) is 17.9. The SMILES string of the molecule is CC(=O)NCc1ccc(-c2noc(CCc3c[nH]c4ccccc34)n2)s1. The molecule has 0 radical (unpaired) electrons. The van der Waals surface area contributed by atoms with Crippen LogP contribution in [0.3, 0.4) is 0 Å². The number of thiophene rings is 1. The molecule has 0 aliphatic heterocycles. The van der Waals surface area contributed by atoms with E-state index in [1.165, 1.54) is 17.9 Å². The fourth-order valence-corrected chi connectivity index (χ4v) is 3.71. The number of hydrogen-bond acceptors (Lipinski definition) is 5. The second-order valence-corrected chi connectivity index (χ2v) is 7.22. The number of carbonyl (C=O) groups excluding carboxylic acids is 1. The molecule has 2 N–H and O–H groups in total. The van der Waals surface area contributed by atoms with Crippen LogP contribution in [0.4, 0.5) is 0 Å². The third-order valence-corrected chi connectivity index (χ3v) is 5.23. The number of para-hydroxylation sites is 1. The molecule has 0 bridgehead atoms. The fourth-order valence-electron chi connectivity index (χ4n) is 2.84. The first-order valence-electron chi connectivity index (χ1n) is 8.40. The number of aryl methyl sites for hydroxylation is 2. The maximum atomic E-state index is 11.0. The fraction of sp³-hybridized carbons (Fsp3) is 0.211. The van der Waals surface area contributed by atoms with Crippen LogP contribution in [0.25, 0.3) is 21.6 Å². The Kier molecular flexibility index (Phi) is 4.53. The lowest BCUT2D eigenvalue weighted by molar-refractivity contribution is -0.119. The van der Waals surface area contributed by atoms with Crippen molar-refractivity contribution in [2.75, 3.05) is 0 Å². The molecule has 3 aromatic heterocycles. The van der Waals surface area contributed by atoms with E-state index >= 15 is 0 Å². The number of hydrogen-bond donors (Lipinski definition) is 2. The van der Waals surface area contributed by atoms with E-state index in [9.17, 15) is 4.79 Å². The summed E-state index contributed by atoms with van der Waals surface area (Å²) in [6.07, 6.45) is 3.57. The Morgan fingerprint density at radius 3 is 3.00 bits per heavy atom. The van der Waals surface area contributed by atoms with Crippen molar-refractivity contribution in [1.82, 2.24) is 20.4 Å². The lowest BCUT2D eigenvalue weighted by Gasteiger charge is -1.96. The molecule has 0 fully saturated rings. The highest BCUT2D eigenvalue weighted by Gasteiger charge is 2.12. The molecule has 6 nitrogen and oxygen atoms in total. The van der Waals surface area contributed by atoms with Crippen LogP contribution in [0.5, 0.6) is 0 Å². The summed E-state index contributed by atoms with van der Waals surface area (Å²) in [7, 11) is 0. The lowest BCUT2D eigenvalue weighted by atomic mass is 10.1. The molecule has 0 aliphatic carbocycles. The van der Waals surface area contributed by atoms with E-state index in [1.54, 1.807) is 11.3 Å². The maximum Gasteiger partial charge on any atom is 0.227 e. The summed E-state index contributed by atoms with van der Waals surface area (Å²) in [6, 6.07) is 12.2. The van der Waals surface area contributed by atoms with Gasteiger partial charge in [0.25, 0.3) is 0 Å². The van der Waals surface area contributed by atoms with Crippen LogP contribution >= 0.6 is 11.3 Å². The van der Waals surface area contributed by atoms with Crippen molar-refractivity contribution in [1.29, 1.82) is 0 Å². The van der Waals surface area contributed by atoms with Gasteiger partial charge in [-0.1, -0.05) is 23.4 Å². The Morgan fingerprint density at radius 1 is 1.23 bits per heavy atom. The van der Waals surface area contributed by atoms with Gasteiger partial charge in [-0.15, -0.1) is 11.3 Å². The molecule has 4 aromatic rings. The molecule has 0 atom stereocenters. The summed E-state index contributed by atoms with van der Waals surface area (Å²) in [5.74, 6) is 1.18. The van der Waals surface area contributed by atoms with Crippen LogP contribution in [0.15, 0.2) is 47.1 Å². The highest BCUT2D eigenvalue weighted by molar-refractivity contribution is 7.15. The van der Waals surface area contributed by atoms with Crippen LogP contribution in [0.2, 0.25) is 0 Å². The molecule has 26 heavy (non-hydrogen) atoms. The van der Waals surface area contributed by atoms with Crippen LogP contribution in [0, 0.1) is 0 Å². The lowest BCUT2D eigenvalue weighted by Crippen LogP contribution is -2.17. The largest absolute Gasteiger partial charge is 0.361 e. The molecular weight excluding hydrogens is 348 g/mol. The number of aromatic amines is 1. The molecule has 0 aliphatic rings. The van der Waals surface area contributed by atoms with Gasteiger partial charge in [0.2, 0.25) is 17.6 Å². The minimum absolute atomic E-state index is 0.0425. The van der Waals surface area contributed by atoms with E-state index in [0.717, 1.165) is 21.7 Å². The smallest absolute Gasteiger partial charge is 0.227 e. The van der Waals surface area contributed by atoms with Crippen molar-refractivity contribution in [3.8, 4) is 10.7 Å². The van der Waals surface area contributed by atoms with Crippen molar-refractivity contribution < 1.29 is 9.32 Å². The molecule has 1 amide bonds. The molecule has 0 saturated heterocycles. The van der Waals surface area contributed by atoms with E-state index in [2.05, 4.69) is 32.6 Å². The number of H-pyrrole nitrogens is 1. The number of amides is 1. The van der Waals surface area contributed by atoms with Crippen LogP contribution < -0.4 is 5.32 Å². The second-order valence-electron chi connectivity index (χ2n) is 6.05. The van der Waals surface area contributed by atoms with Crippen LogP contribution in [-0.4, -0.2) is 21.0 Å². The molecule has 132 valence electrons. The highest BCUT2D eigenvalue weighted by atomic mass is 32.1. The van der Waals surface area contributed by atoms with Crippen LogP contribution in [0.1, 0.15) is 23.3 Å². The topological polar surface area (TPSA) is 83.8 Å². The van der Waals surface area contributed by atoms with Gasteiger partial charge in [0.15, 0.2) is 0 Å². The average molecular weight is 366 g/mol. The quantitative estimate of drug-likeness (QED) is 0.545. The summed E-state index contributed by atoms with van der Waals surface area (Å²) in [5.41, 5.74) is 2.38. The van der Waals surface area contributed by atoms with Gasteiger partial charge in [-0.2, -0.15) is 4.98 Å². The summed E-state index contributed by atoms with van der Waals surface area (Å²) >= 11 is 1.55. The number of benzene rings is 1. The summed E-state index contributed by atoms with van der Waals surface area (Å²) in [6.45, 7) is 2.03. The van der Waals surface area contributed by atoms with Crippen molar-refractivity contribution in [3.63, 3.8) is 0 Å². The third kappa shape index (κ3) is 3.52. The second kappa shape index (κ2) is 7.13. The number of nitrogens with zero attached hydrogens (tertiary/aromatic N) is 2. The summed E-state index contributed by atoms with van der Waals surface area (Å²) in [4.78, 5) is 20.8. The van der Waals surface area contributed by atoms with Crippen molar-refractivity contribution in [2.24, 2.45) is 0 Å². The van der Waals surface area contributed by atoms with E-state index in [-0.39, 0.29) is 5.91 Å². The normalized spacial score (nSPS) is 11.1. The van der Waals surface area contributed by atoms with E-state index in [0.29, 0.717) is 24.7 Å². The molecule has 3 heterocycles. The Balaban J connectivity index is 1.42. The third-order valence-electron chi connectivity index (χ3n) is 4.14. The number of rotatable bonds is 6. The van der Waals surface area contributed by atoms with Gasteiger partial charge in [0, 0.05) is 35.3 Å². The predicted molar refractivity (Wildman–Crippen MR) is 101 cm³/mol. The minimum atomic E-state index is -0.0425. The molecule has 7 heteroatoms. The Hall–Kier alpha value is -2.93. The standard InChI is InChI=1S/C19H18N4O2S/c1-12(24)20-11-14-7-8-17(26-14)19-22-18(25-23-19)9-6-13-10-21-16-5-3-2-4-15(13)16/h2-5,7-8,10,21H,6,9,11H2,1H3,(H,20,24). The van der Waals surface area contributed by atoms with Crippen molar-refractivity contribution in [2.45, 2.75) is 26.3 Å². The highest BCUT2D eigenvalue weighted by Crippen LogP contribution is 2.26. The Bertz CT molecular complexity index is 1050. The molecular formula is C19H18N4O2S. The first-order valence-corrected chi connectivity index (χ1v) is 9.22. The molecule has 0 spiro atoms. The van der Waals surface area contributed by atoms with E-state index in [4.69, 9.17) is 4.52 Å².